The third-order valence-electron chi connectivity index (χ3n) is 2.96. The van der Waals surface area contributed by atoms with Gasteiger partial charge in [0.1, 0.15) is 0 Å². The highest BCUT2D eigenvalue weighted by atomic mass is 16.1. The number of carbonyl (C=O) groups is 1. The third kappa shape index (κ3) is 4.62. The van der Waals surface area contributed by atoms with Gasteiger partial charge in [0.25, 0.3) is 0 Å². The maximum Gasteiger partial charge on any atom is 0.234 e. The van der Waals surface area contributed by atoms with E-state index in [-0.39, 0.29) is 11.9 Å². The number of nitrogens with one attached hydrogen (secondary N) is 2. The van der Waals surface area contributed by atoms with Crippen LogP contribution >= 0.6 is 0 Å². The van der Waals surface area contributed by atoms with Crippen LogP contribution in [0.15, 0.2) is 0 Å². The summed E-state index contributed by atoms with van der Waals surface area (Å²) in [6.45, 7) is 6.73. The SMILES string of the molecule is CCC(C)NC(=O)CNC1CCN(C)C1. The molecule has 1 aliphatic heterocycles. The van der Waals surface area contributed by atoms with E-state index in [1.807, 2.05) is 6.92 Å². The van der Waals surface area contributed by atoms with E-state index in [2.05, 4.69) is 29.5 Å². The Morgan fingerprint density at radius 1 is 1.60 bits per heavy atom. The van der Waals surface area contributed by atoms with Crippen molar-refractivity contribution in [2.75, 3.05) is 26.7 Å². The Morgan fingerprint density at radius 3 is 2.87 bits per heavy atom. The van der Waals surface area contributed by atoms with Crippen molar-refractivity contribution in [3.05, 3.63) is 0 Å². The van der Waals surface area contributed by atoms with Gasteiger partial charge in [0.05, 0.1) is 6.54 Å². The first-order chi connectivity index (χ1) is 7.11. The van der Waals surface area contributed by atoms with Gasteiger partial charge in [-0.25, -0.2) is 0 Å². The molecule has 0 aromatic rings. The fraction of sp³-hybridized carbons (Fsp3) is 0.909. The third-order valence-corrected chi connectivity index (χ3v) is 2.96. The molecule has 0 spiro atoms. The minimum atomic E-state index is 0.110. The average molecular weight is 213 g/mol. The minimum Gasteiger partial charge on any atom is -0.353 e. The number of nitrogens with zero attached hydrogens (tertiary/aromatic N) is 1. The summed E-state index contributed by atoms with van der Waals surface area (Å²) in [5.41, 5.74) is 0. The van der Waals surface area contributed by atoms with Crippen molar-refractivity contribution in [3.8, 4) is 0 Å². The Labute approximate surface area is 92.4 Å². The van der Waals surface area contributed by atoms with Gasteiger partial charge in [-0.1, -0.05) is 6.92 Å². The first kappa shape index (κ1) is 12.5. The van der Waals surface area contributed by atoms with Crippen LogP contribution < -0.4 is 10.6 Å². The second kappa shape index (κ2) is 6.08. The summed E-state index contributed by atoms with van der Waals surface area (Å²) in [5.74, 6) is 0.110. The van der Waals surface area contributed by atoms with Crippen molar-refractivity contribution in [3.63, 3.8) is 0 Å². The van der Waals surface area contributed by atoms with E-state index in [1.165, 1.54) is 0 Å². The van der Waals surface area contributed by atoms with Gasteiger partial charge in [-0.3, -0.25) is 4.79 Å². The van der Waals surface area contributed by atoms with Crippen LogP contribution in [-0.4, -0.2) is 49.6 Å². The minimum absolute atomic E-state index is 0.110. The molecule has 0 radical (unpaired) electrons. The lowest BCUT2D eigenvalue weighted by Crippen LogP contribution is -2.42. The average Bonchev–Trinajstić information content (AvgIpc) is 2.61. The fourth-order valence-electron chi connectivity index (χ4n) is 1.77. The van der Waals surface area contributed by atoms with Crippen molar-refractivity contribution >= 4 is 5.91 Å². The Bertz CT molecular complexity index is 208. The van der Waals surface area contributed by atoms with E-state index < -0.39 is 0 Å². The van der Waals surface area contributed by atoms with Crippen molar-refractivity contribution in [1.82, 2.24) is 15.5 Å². The topological polar surface area (TPSA) is 44.4 Å². The number of likely N-dealkylation sites (N-methyl/N-ethyl adjacent to an activating group) is 1. The summed E-state index contributed by atoms with van der Waals surface area (Å²) >= 11 is 0. The van der Waals surface area contributed by atoms with E-state index >= 15 is 0 Å². The van der Waals surface area contributed by atoms with Gasteiger partial charge in [0, 0.05) is 18.6 Å². The number of hydrogen-bond donors (Lipinski definition) is 2. The summed E-state index contributed by atoms with van der Waals surface area (Å²) in [6.07, 6.45) is 2.13. The molecule has 2 atom stereocenters. The molecule has 1 aliphatic rings. The molecule has 0 aliphatic carbocycles. The van der Waals surface area contributed by atoms with E-state index in [0.29, 0.717) is 12.6 Å². The van der Waals surface area contributed by atoms with Crippen molar-refractivity contribution in [2.24, 2.45) is 0 Å². The molecular weight excluding hydrogens is 190 g/mol. The summed E-state index contributed by atoms with van der Waals surface area (Å²) < 4.78 is 0. The number of amides is 1. The molecular formula is C11H23N3O. The predicted molar refractivity (Wildman–Crippen MR) is 61.8 cm³/mol. The van der Waals surface area contributed by atoms with Crippen molar-refractivity contribution < 1.29 is 4.79 Å². The Hall–Kier alpha value is -0.610. The molecule has 1 fully saturated rings. The molecule has 4 heteroatoms. The second-order valence-corrected chi connectivity index (χ2v) is 4.51. The lowest BCUT2D eigenvalue weighted by Gasteiger charge is -2.15. The largest absolute Gasteiger partial charge is 0.353 e. The van der Waals surface area contributed by atoms with Crippen molar-refractivity contribution in [2.45, 2.75) is 38.8 Å². The van der Waals surface area contributed by atoms with Gasteiger partial charge < -0.3 is 15.5 Å². The van der Waals surface area contributed by atoms with E-state index in [9.17, 15) is 4.79 Å². The zero-order valence-electron chi connectivity index (χ0n) is 10.0. The van der Waals surface area contributed by atoms with Crippen LogP contribution in [0.25, 0.3) is 0 Å². The fourth-order valence-corrected chi connectivity index (χ4v) is 1.77. The molecule has 0 bridgehead atoms. The van der Waals surface area contributed by atoms with Gasteiger partial charge in [-0.2, -0.15) is 0 Å². The van der Waals surface area contributed by atoms with Crippen LogP contribution in [0.2, 0.25) is 0 Å². The van der Waals surface area contributed by atoms with Crippen LogP contribution in [0.5, 0.6) is 0 Å². The molecule has 88 valence electrons. The molecule has 1 rings (SSSR count). The zero-order valence-corrected chi connectivity index (χ0v) is 10.0. The van der Waals surface area contributed by atoms with Crippen LogP contribution in [0.4, 0.5) is 0 Å². The molecule has 0 saturated carbocycles. The number of likely N-dealkylation sites (tertiary alicyclic amines) is 1. The Balaban J connectivity index is 2.11. The molecule has 1 amide bonds. The number of carbonyl (C=O) groups excluding carboxylic acids is 1. The van der Waals surface area contributed by atoms with Gasteiger partial charge in [0.15, 0.2) is 0 Å². The van der Waals surface area contributed by atoms with E-state index in [0.717, 1.165) is 25.9 Å². The normalized spacial score (nSPS) is 24.1. The molecule has 0 aromatic heterocycles. The number of rotatable bonds is 5. The molecule has 2 N–H and O–H groups in total. The smallest absolute Gasteiger partial charge is 0.234 e. The molecule has 2 unspecified atom stereocenters. The van der Waals surface area contributed by atoms with E-state index in [1.54, 1.807) is 0 Å². The lowest BCUT2D eigenvalue weighted by atomic mass is 10.2. The maximum atomic E-state index is 11.5. The first-order valence-corrected chi connectivity index (χ1v) is 5.83. The highest BCUT2D eigenvalue weighted by molar-refractivity contribution is 5.78. The standard InChI is InChI=1S/C11H23N3O/c1-4-9(2)13-11(15)7-12-10-5-6-14(3)8-10/h9-10,12H,4-8H2,1-3H3,(H,13,15). The Morgan fingerprint density at radius 2 is 2.33 bits per heavy atom. The first-order valence-electron chi connectivity index (χ1n) is 5.83. The quantitative estimate of drug-likeness (QED) is 0.685. The molecule has 15 heavy (non-hydrogen) atoms. The van der Waals surface area contributed by atoms with Gasteiger partial charge in [-0.05, 0) is 33.4 Å². The van der Waals surface area contributed by atoms with Gasteiger partial charge >= 0.3 is 0 Å². The summed E-state index contributed by atoms with van der Waals surface area (Å²) in [7, 11) is 2.11. The molecule has 1 saturated heterocycles. The Kier molecular flexibility index (Phi) is 5.05. The van der Waals surface area contributed by atoms with Crippen LogP contribution in [0.3, 0.4) is 0 Å². The van der Waals surface area contributed by atoms with E-state index in [4.69, 9.17) is 0 Å². The second-order valence-electron chi connectivity index (χ2n) is 4.51. The number of hydrogen-bond acceptors (Lipinski definition) is 3. The van der Waals surface area contributed by atoms with Crippen LogP contribution in [0, 0.1) is 0 Å². The predicted octanol–water partition coefficient (Wildman–Crippen LogP) is 0.195. The summed E-state index contributed by atoms with van der Waals surface area (Å²) in [6, 6.07) is 0.767. The van der Waals surface area contributed by atoms with Crippen LogP contribution in [-0.2, 0) is 4.79 Å². The van der Waals surface area contributed by atoms with Gasteiger partial charge in [-0.15, -0.1) is 0 Å². The summed E-state index contributed by atoms with van der Waals surface area (Å²) in [4.78, 5) is 13.7. The van der Waals surface area contributed by atoms with Crippen LogP contribution in [0.1, 0.15) is 26.7 Å². The monoisotopic (exact) mass is 213 g/mol. The highest BCUT2D eigenvalue weighted by Gasteiger charge is 2.19. The maximum absolute atomic E-state index is 11.5. The summed E-state index contributed by atoms with van der Waals surface area (Å²) in [5, 5.41) is 6.24. The van der Waals surface area contributed by atoms with Gasteiger partial charge in [0.2, 0.25) is 5.91 Å². The lowest BCUT2D eigenvalue weighted by molar-refractivity contribution is -0.120. The van der Waals surface area contributed by atoms with Crippen molar-refractivity contribution in [1.29, 1.82) is 0 Å². The molecule has 1 heterocycles. The molecule has 4 nitrogen and oxygen atoms in total. The molecule has 0 aromatic carbocycles. The highest BCUT2D eigenvalue weighted by Crippen LogP contribution is 2.05. The zero-order chi connectivity index (χ0) is 11.3.